The molecule has 1 unspecified atom stereocenters. The third-order valence-electron chi connectivity index (χ3n) is 6.93. The maximum Gasteiger partial charge on any atom is 0.213 e. The Labute approximate surface area is 227 Å². The van der Waals surface area contributed by atoms with Crippen molar-refractivity contribution in [2.24, 2.45) is 15.4 Å². The van der Waals surface area contributed by atoms with E-state index < -0.39 is 11.5 Å². The largest absolute Gasteiger partial charge is 0.493 e. The molecule has 1 atom stereocenters. The molecule has 0 saturated carbocycles. The number of benzene rings is 1. The van der Waals surface area contributed by atoms with E-state index in [0.717, 1.165) is 24.0 Å². The van der Waals surface area contributed by atoms with Gasteiger partial charge in [0.1, 0.15) is 5.75 Å². The van der Waals surface area contributed by atoms with E-state index in [0.29, 0.717) is 40.8 Å². The second kappa shape index (κ2) is 11.8. The normalized spacial score (nSPS) is 17.8. The molecule has 0 radical (unpaired) electrons. The lowest BCUT2D eigenvalue weighted by Gasteiger charge is -2.24. The van der Waals surface area contributed by atoms with Gasteiger partial charge in [-0.15, -0.1) is 0 Å². The van der Waals surface area contributed by atoms with E-state index in [-0.39, 0.29) is 30.3 Å². The quantitative estimate of drug-likeness (QED) is 0.355. The maximum absolute atomic E-state index is 13.5. The topological polar surface area (TPSA) is 104 Å². The van der Waals surface area contributed by atoms with Crippen molar-refractivity contribution < 1.29 is 19.4 Å². The summed E-state index contributed by atoms with van der Waals surface area (Å²) in [6, 6.07) is 5.05. The van der Waals surface area contributed by atoms with Crippen molar-refractivity contribution in [3.8, 4) is 5.75 Å². The van der Waals surface area contributed by atoms with Crippen molar-refractivity contribution in [2.45, 2.75) is 92.2 Å². The molecule has 1 aromatic rings. The van der Waals surface area contributed by atoms with Gasteiger partial charge in [0.05, 0.1) is 36.8 Å². The lowest BCUT2D eigenvalue weighted by Crippen LogP contribution is -2.25. The summed E-state index contributed by atoms with van der Waals surface area (Å²) in [5.41, 5.74) is 3.43. The molecule has 0 spiro atoms. The predicted octanol–water partition coefficient (Wildman–Crippen LogP) is 6.24. The monoisotopic (exact) mass is 521 g/mol. The average molecular weight is 522 g/mol. The Balaban J connectivity index is 1.83. The lowest BCUT2D eigenvalue weighted by molar-refractivity contribution is 0.0959. The molecule has 0 amide bonds. The van der Waals surface area contributed by atoms with Crippen LogP contribution in [0.15, 0.2) is 51.6 Å². The van der Waals surface area contributed by atoms with Crippen molar-refractivity contribution >= 4 is 23.1 Å². The first kappa shape index (κ1) is 29.5. The van der Waals surface area contributed by atoms with E-state index in [2.05, 4.69) is 39.6 Å². The number of ether oxygens (including phenoxy) is 2. The van der Waals surface area contributed by atoms with Crippen LogP contribution >= 0.6 is 0 Å². The summed E-state index contributed by atoms with van der Waals surface area (Å²) >= 11 is 0. The number of hydrogen-bond acceptors (Lipinski definition) is 7. The number of carbonyl (C=O) groups is 1. The van der Waals surface area contributed by atoms with Gasteiger partial charge in [-0.25, -0.2) is 4.99 Å². The maximum atomic E-state index is 13.5. The molecule has 2 heterocycles. The molecule has 0 bridgehead atoms. The molecular weight excluding hydrogens is 478 g/mol. The van der Waals surface area contributed by atoms with Crippen molar-refractivity contribution in [3.05, 3.63) is 52.7 Å². The molecule has 0 saturated heterocycles. The number of carbonyl (C=O) groups excluding carboxylic acids is 1. The lowest BCUT2D eigenvalue weighted by atomic mass is 9.85. The number of fused-ring (bicyclic) bond motifs is 1. The Morgan fingerprint density at radius 2 is 1.82 bits per heavy atom. The number of allylic oxidation sites excluding steroid dienone is 1. The molecule has 0 aliphatic carbocycles. The van der Waals surface area contributed by atoms with E-state index in [1.807, 2.05) is 39.0 Å². The second-order valence-electron chi connectivity index (χ2n) is 12.0. The zero-order valence-electron chi connectivity index (χ0n) is 24.1. The number of aliphatic imine (C=N–C) groups is 2. The van der Waals surface area contributed by atoms with Crippen molar-refractivity contribution in [2.75, 3.05) is 13.2 Å². The third-order valence-corrected chi connectivity index (χ3v) is 6.93. The number of hydrogen-bond donors (Lipinski definition) is 2. The van der Waals surface area contributed by atoms with Crippen molar-refractivity contribution in [3.63, 3.8) is 0 Å². The summed E-state index contributed by atoms with van der Waals surface area (Å²) in [6.45, 7) is 16.6. The minimum absolute atomic E-state index is 0.00104. The molecule has 2 aliphatic heterocycles. The van der Waals surface area contributed by atoms with E-state index >= 15 is 0 Å². The molecule has 2 N–H and O–H groups in total. The molecule has 1 aromatic carbocycles. The standard InChI is InChI=1S/C31H43N3O4/c1-9-22(10-2)38-27-11-19(3)29-24(16-33-27)28(32)25(34-29)15-26(36)20-12-21(30(4,5)6)14-23(13-20)37-18-31(7,8)17-35/h11-14,16,22,25,32,35H,9-10,15,17-18H2,1-8H3. The summed E-state index contributed by atoms with van der Waals surface area (Å²) in [5, 5.41) is 18.4. The van der Waals surface area contributed by atoms with Crippen LogP contribution in [-0.2, 0) is 10.2 Å². The van der Waals surface area contributed by atoms with Gasteiger partial charge in [0.25, 0.3) is 0 Å². The highest BCUT2D eigenvalue weighted by Gasteiger charge is 2.33. The SMILES string of the molecule is CCC(CC)OC1=NC=C2C(=N)C(CC(=O)c3cc(OCC(C)(C)CO)cc(C(C)(C)C)c3)N=C2C(C)=C1. The van der Waals surface area contributed by atoms with Crippen molar-refractivity contribution in [1.29, 1.82) is 5.41 Å². The van der Waals surface area contributed by atoms with Gasteiger partial charge in [0.15, 0.2) is 5.78 Å². The number of nitrogens with zero attached hydrogens (tertiary/aromatic N) is 2. The molecule has 0 aromatic heterocycles. The van der Waals surface area contributed by atoms with Crippen LogP contribution < -0.4 is 4.74 Å². The highest BCUT2D eigenvalue weighted by molar-refractivity contribution is 6.35. The number of ketones is 1. The molecule has 7 heteroatoms. The molecule has 0 fully saturated rings. The summed E-state index contributed by atoms with van der Waals surface area (Å²) < 4.78 is 12.0. The predicted molar refractivity (Wildman–Crippen MR) is 154 cm³/mol. The Hall–Kier alpha value is -3.06. The number of aliphatic hydroxyl groups excluding tert-OH is 1. The van der Waals surface area contributed by atoms with Crippen molar-refractivity contribution in [1.82, 2.24) is 0 Å². The Morgan fingerprint density at radius 3 is 2.42 bits per heavy atom. The van der Waals surface area contributed by atoms with E-state index in [1.165, 1.54) is 0 Å². The molecule has 2 aliphatic rings. The second-order valence-corrected chi connectivity index (χ2v) is 12.0. The summed E-state index contributed by atoms with van der Waals surface area (Å²) in [5.74, 6) is 1.03. The van der Waals surface area contributed by atoms with Gasteiger partial charge in [-0.1, -0.05) is 48.5 Å². The number of Topliss-reactive ketones (excluding diaryl/α,β-unsaturated/α-hetero) is 1. The van der Waals surface area contributed by atoms with Crippen LogP contribution in [0.2, 0.25) is 0 Å². The minimum Gasteiger partial charge on any atom is -0.493 e. The van der Waals surface area contributed by atoms with Crippen LogP contribution in [0.1, 0.15) is 90.6 Å². The molecule has 206 valence electrons. The van der Waals surface area contributed by atoms with Gasteiger partial charge >= 0.3 is 0 Å². The fourth-order valence-corrected chi connectivity index (χ4v) is 4.19. The smallest absolute Gasteiger partial charge is 0.213 e. The molecule has 7 nitrogen and oxygen atoms in total. The third kappa shape index (κ3) is 7.07. The summed E-state index contributed by atoms with van der Waals surface area (Å²) in [4.78, 5) is 22.7. The Bertz CT molecular complexity index is 1190. The Kier molecular flexibility index (Phi) is 9.13. The molecule has 3 rings (SSSR count). The average Bonchev–Trinajstić information content (AvgIpc) is 3.09. The number of aliphatic hydroxyl groups is 1. The minimum atomic E-state index is -0.570. The van der Waals surface area contributed by atoms with Gasteiger partial charge in [0.2, 0.25) is 5.90 Å². The van der Waals surface area contributed by atoms with Gasteiger partial charge in [-0.05, 0) is 54.5 Å². The van der Waals surface area contributed by atoms with Crippen LogP contribution in [0.4, 0.5) is 0 Å². The van der Waals surface area contributed by atoms with Crippen LogP contribution in [0, 0.1) is 10.8 Å². The highest BCUT2D eigenvalue weighted by atomic mass is 16.5. The van der Waals surface area contributed by atoms with E-state index in [9.17, 15) is 9.90 Å². The first-order valence-corrected chi connectivity index (χ1v) is 13.5. The fraction of sp³-hybridized carbons (Fsp3) is 0.548. The first-order chi connectivity index (χ1) is 17.8. The molecule has 38 heavy (non-hydrogen) atoms. The number of nitrogens with one attached hydrogen (secondary N) is 1. The van der Waals surface area contributed by atoms with E-state index in [4.69, 9.17) is 19.9 Å². The summed E-state index contributed by atoms with van der Waals surface area (Å²) in [7, 11) is 0. The van der Waals surface area contributed by atoms with Crippen LogP contribution in [-0.4, -0.2) is 53.6 Å². The Morgan fingerprint density at radius 1 is 1.13 bits per heavy atom. The summed E-state index contributed by atoms with van der Waals surface area (Å²) in [6.07, 6.45) is 5.47. The van der Waals surface area contributed by atoms with Gasteiger partial charge in [0, 0.05) is 35.2 Å². The van der Waals surface area contributed by atoms with Gasteiger partial charge in [-0.2, -0.15) is 0 Å². The van der Waals surface area contributed by atoms with E-state index in [1.54, 1.807) is 12.3 Å². The zero-order valence-corrected chi connectivity index (χ0v) is 24.1. The number of rotatable bonds is 10. The van der Waals surface area contributed by atoms with Gasteiger partial charge in [-0.3, -0.25) is 9.79 Å². The van der Waals surface area contributed by atoms with Crippen LogP contribution in [0.5, 0.6) is 5.75 Å². The molecular formula is C31H43N3O4. The first-order valence-electron chi connectivity index (χ1n) is 13.5. The fourth-order valence-electron chi connectivity index (χ4n) is 4.19. The highest BCUT2D eigenvalue weighted by Crippen LogP contribution is 2.31. The van der Waals surface area contributed by atoms with Crippen LogP contribution in [0.25, 0.3) is 0 Å². The van der Waals surface area contributed by atoms with Gasteiger partial charge < -0.3 is 20.0 Å². The zero-order chi connectivity index (χ0) is 28.3. The van der Waals surface area contributed by atoms with Crippen LogP contribution in [0.3, 0.4) is 0 Å².